The van der Waals surface area contributed by atoms with E-state index in [9.17, 15) is 4.79 Å². The summed E-state index contributed by atoms with van der Waals surface area (Å²) in [6.45, 7) is 5.31. The van der Waals surface area contributed by atoms with Crippen LogP contribution in [0.25, 0.3) is 10.2 Å². The van der Waals surface area contributed by atoms with Crippen molar-refractivity contribution in [2.45, 2.75) is 32.1 Å². The van der Waals surface area contributed by atoms with Crippen molar-refractivity contribution in [3.63, 3.8) is 0 Å². The van der Waals surface area contributed by atoms with Gasteiger partial charge in [0.25, 0.3) is 0 Å². The molecule has 1 aliphatic heterocycles. The van der Waals surface area contributed by atoms with Crippen molar-refractivity contribution >= 4 is 32.6 Å². The van der Waals surface area contributed by atoms with Gasteiger partial charge in [0.15, 0.2) is 5.13 Å². The van der Waals surface area contributed by atoms with Gasteiger partial charge in [0, 0.05) is 32.1 Å². The standard InChI is InChI=1S/C21H29N3O3S/c1-26-17-7-8-18-19(15-17)28-21(22-18)24(20(25)16-5-2-3-6-16)10-4-9-23-11-13-27-14-12-23/h7-8,15-16H,2-6,9-14H2,1H3. The Bertz CT molecular complexity index is 797. The van der Waals surface area contributed by atoms with Crippen molar-refractivity contribution in [2.24, 2.45) is 5.92 Å². The number of ether oxygens (including phenoxy) is 2. The first kappa shape index (κ1) is 19.6. The number of hydrogen-bond donors (Lipinski definition) is 0. The number of hydrogen-bond acceptors (Lipinski definition) is 6. The van der Waals surface area contributed by atoms with Crippen LogP contribution in [0.3, 0.4) is 0 Å². The number of amides is 1. The third kappa shape index (κ3) is 4.47. The maximum Gasteiger partial charge on any atom is 0.231 e. The number of carbonyl (C=O) groups excluding carboxylic acids is 1. The molecule has 7 heteroatoms. The van der Waals surface area contributed by atoms with Crippen molar-refractivity contribution in [2.75, 3.05) is 51.4 Å². The molecule has 0 bridgehead atoms. The van der Waals surface area contributed by atoms with Gasteiger partial charge in [0.1, 0.15) is 5.75 Å². The lowest BCUT2D eigenvalue weighted by Gasteiger charge is -2.28. The van der Waals surface area contributed by atoms with Crippen LogP contribution < -0.4 is 9.64 Å². The maximum absolute atomic E-state index is 13.3. The van der Waals surface area contributed by atoms with Crippen molar-refractivity contribution in [3.05, 3.63) is 18.2 Å². The van der Waals surface area contributed by atoms with Gasteiger partial charge in [-0.3, -0.25) is 14.6 Å². The van der Waals surface area contributed by atoms with Gasteiger partial charge in [-0.1, -0.05) is 24.2 Å². The third-order valence-corrected chi connectivity index (χ3v) is 6.79. The second-order valence-corrected chi connectivity index (χ2v) is 8.62. The molecule has 1 saturated carbocycles. The van der Waals surface area contributed by atoms with Crippen molar-refractivity contribution < 1.29 is 14.3 Å². The number of methoxy groups -OCH3 is 1. The smallest absolute Gasteiger partial charge is 0.231 e. The predicted octanol–water partition coefficient (Wildman–Crippen LogP) is 3.55. The summed E-state index contributed by atoms with van der Waals surface area (Å²) in [6, 6.07) is 5.90. The zero-order valence-corrected chi connectivity index (χ0v) is 17.4. The van der Waals surface area contributed by atoms with Crippen LogP contribution in [0.4, 0.5) is 5.13 Å². The zero-order valence-electron chi connectivity index (χ0n) is 16.6. The highest BCUT2D eigenvalue weighted by Crippen LogP contribution is 2.34. The normalized spacial score (nSPS) is 18.6. The number of aromatic nitrogens is 1. The van der Waals surface area contributed by atoms with Crippen LogP contribution in [0, 0.1) is 5.92 Å². The molecule has 0 N–H and O–H groups in total. The molecular weight excluding hydrogens is 374 g/mol. The summed E-state index contributed by atoms with van der Waals surface area (Å²) in [6.07, 6.45) is 5.30. The summed E-state index contributed by atoms with van der Waals surface area (Å²) in [7, 11) is 1.67. The maximum atomic E-state index is 13.3. The number of carbonyl (C=O) groups is 1. The Morgan fingerprint density at radius 1 is 1.32 bits per heavy atom. The molecular formula is C21H29N3O3S. The first-order chi connectivity index (χ1) is 13.7. The summed E-state index contributed by atoms with van der Waals surface area (Å²) >= 11 is 1.59. The van der Waals surface area contributed by atoms with Crippen molar-refractivity contribution in [1.82, 2.24) is 9.88 Å². The number of rotatable bonds is 7. The average molecular weight is 404 g/mol. The van der Waals surface area contributed by atoms with E-state index in [1.54, 1.807) is 18.4 Å². The minimum absolute atomic E-state index is 0.157. The molecule has 1 aliphatic carbocycles. The van der Waals surface area contributed by atoms with E-state index >= 15 is 0 Å². The Morgan fingerprint density at radius 2 is 2.11 bits per heavy atom. The fourth-order valence-corrected chi connectivity index (χ4v) is 5.13. The Morgan fingerprint density at radius 3 is 2.86 bits per heavy atom. The lowest BCUT2D eigenvalue weighted by molar-refractivity contribution is -0.122. The van der Waals surface area contributed by atoms with Crippen molar-refractivity contribution in [1.29, 1.82) is 0 Å². The number of anilines is 1. The predicted molar refractivity (Wildman–Crippen MR) is 112 cm³/mol. The number of benzene rings is 1. The van der Waals surface area contributed by atoms with Crippen LogP contribution in [-0.2, 0) is 9.53 Å². The summed E-state index contributed by atoms with van der Waals surface area (Å²) in [4.78, 5) is 22.4. The number of morpholine rings is 1. The molecule has 2 aromatic rings. The van der Waals surface area contributed by atoms with E-state index < -0.39 is 0 Å². The van der Waals surface area contributed by atoms with Crippen LogP contribution >= 0.6 is 11.3 Å². The highest BCUT2D eigenvalue weighted by Gasteiger charge is 2.29. The highest BCUT2D eigenvalue weighted by molar-refractivity contribution is 7.22. The molecule has 1 aromatic carbocycles. The van der Waals surface area contributed by atoms with E-state index in [4.69, 9.17) is 14.5 Å². The van der Waals surface area contributed by atoms with Crippen LogP contribution in [0.2, 0.25) is 0 Å². The molecule has 0 atom stereocenters. The van der Waals surface area contributed by atoms with E-state index in [1.165, 1.54) is 0 Å². The lowest BCUT2D eigenvalue weighted by Crippen LogP contribution is -2.40. The van der Waals surface area contributed by atoms with E-state index in [1.807, 2.05) is 23.1 Å². The summed E-state index contributed by atoms with van der Waals surface area (Å²) in [5, 5.41) is 0.821. The van der Waals surface area contributed by atoms with E-state index in [0.29, 0.717) is 0 Å². The fraction of sp³-hybridized carbons (Fsp3) is 0.619. The quantitative estimate of drug-likeness (QED) is 0.708. The average Bonchev–Trinajstić information content (AvgIpc) is 3.40. The van der Waals surface area contributed by atoms with Crippen LogP contribution in [0.15, 0.2) is 18.2 Å². The Labute approximate surface area is 170 Å². The molecule has 4 rings (SSSR count). The highest BCUT2D eigenvalue weighted by atomic mass is 32.1. The molecule has 0 radical (unpaired) electrons. The van der Waals surface area contributed by atoms with E-state index in [0.717, 1.165) is 92.6 Å². The third-order valence-electron chi connectivity index (χ3n) is 5.75. The van der Waals surface area contributed by atoms with E-state index in [-0.39, 0.29) is 11.8 Å². The monoisotopic (exact) mass is 403 g/mol. The van der Waals surface area contributed by atoms with Crippen LogP contribution in [-0.4, -0.2) is 62.3 Å². The molecule has 1 aromatic heterocycles. The molecule has 1 saturated heterocycles. The second-order valence-electron chi connectivity index (χ2n) is 7.61. The Kier molecular flexibility index (Phi) is 6.44. The second kappa shape index (κ2) is 9.20. The summed E-state index contributed by atoms with van der Waals surface area (Å²) < 4.78 is 11.8. The fourth-order valence-electron chi connectivity index (χ4n) is 4.11. The van der Waals surface area contributed by atoms with Gasteiger partial charge >= 0.3 is 0 Å². The van der Waals surface area contributed by atoms with Gasteiger partial charge < -0.3 is 9.47 Å². The van der Waals surface area contributed by atoms with Gasteiger partial charge in [0.05, 0.1) is 30.5 Å². The Balaban J connectivity index is 1.50. The summed E-state index contributed by atoms with van der Waals surface area (Å²) in [5.74, 6) is 1.24. The molecule has 6 nitrogen and oxygen atoms in total. The minimum atomic E-state index is 0.157. The lowest BCUT2D eigenvalue weighted by atomic mass is 10.1. The number of fused-ring (bicyclic) bond motifs is 1. The first-order valence-corrected chi connectivity index (χ1v) is 11.1. The Hall–Kier alpha value is -1.70. The van der Waals surface area contributed by atoms with Gasteiger partial charge in [-0.05, 0) is 37.5 Å². The molecule has 1 amide bonds. The molecule has 2 heterocycles. The minimum Gasteiger partial charge on any atom is -0.497 e. The molecule has 152 valence electrons. The molecule has 0 unspecified atom stereocenters. The van der Waals surface area contributed by atoms with E-state index in [2.05, 4.69) is 4.90 Å². The number of thiazole rings is 1. The van der Waals surface area contributed by atoms with Crippen LogP contribution in [0.1, 0.15) is 32.1 Å². The molecule has 28 heavy (non-hydrogen) atoms. The number of nitrogens with zero attached hydrogens (tertiary/aromatic N) is 3. The van der Waals surface area contributed by atoms with Gasteiger partial charge in [0.2, 0.25) is 5.91 Å². The van der Waals surface area contributed by atoms with Gasteiger partial charge in [-0.15, -0.1) is 0 Å². The van der Waals surface area contributed by atoms with Gasteiger partial charge in [-0.2, -0.15) is 0 Å². The van der Waals surface area contributed by atoms with Crippen LogP contribution in [0.5, 0.6) is 5.75 Å². The van der Waals surface area contributed by atoms with Crippen molar-refractivity contribution in [3.8, 4) is 5.75 Å². The largest absolute Gasteiger partial charge is 0.497 e. The molecule has 2 aliphatic rings. The SMILES string of the molecule is COc1ccc2nc(N(CCCN3CCOCC3)C(=O)C3CCCC3)sc2c1. The zero-order chi connectivity index (χ0) is 19.3. The summed E-state index contributed by atoms with van der Waals surface area (Å²) in [5.41, 5.74) is 0.929. The molecule has 0 spiro atoms. The topological polar surface area (TPSA) is 54.9 Å². The van der Waals surface area contributed by atoms with Gasteiger partial charge in [-0.25, -0.2) is 4.98 Å². The first-order valence-electron chi connectivity index (χ1n) is 10.3. The molecule has 2 fully saturated rings.